The third-order valence-corrected chi connectivity index (χ3v) is 4.08. The molecular formula is C20H26F3N3O. The van der Waals surface area contributed by atoms with Crippen LogP contribution >= 0.6 is 0 Å². The number of nitrogens with zero attached hydrogens (tertiary/aromatic N) is 2. The molecule has 0 saturated heterocycles. The van der Waals surface area contributed by atoms with Gasteiger partial charge in [-0.2, -0.15) is 18.2 Å². The molecule has 1 aromatic carbocycles. The van der Waals surface area contributed by atoms with Crippen molar-refractivity contribution in [2.45, 2.75) is 58.5 Å². The monoisotopic (exact) mass is 381 g/mol. The second kappa shape index (κ2) is 10.1. The van der Waals surface area contributed by atoms with E-state index in [0.717, 1.165) is 49.6 Å². The summed E-state index contributed by atoms with van der Waals surface area (Å²) in [6.45, 7) is 4.34. The zero-order valence-corrected chi connectivity index (χ0v) is 15.8. The first-order valence-electron chi connectivity index (χ1n) is 9.37. The summed E-state index contributed by atoms with van der Waals surface area (Å²) in [5.74, 6) is -0.334. The number of unbranched alkanes of at least 4 members (excludes halogenated alkanes) is 3. The maximum absolute atomic E-state index is 13.2. The van der Waals surface area contributed by atoms with Crippen molar-refractivity contribution in [1.82, 2.24) is 9.97 Å². The van der Waals surface area contributed by atoms with Gasteiger partial charge in [0.05, 0.1) is 6.61 Å². The molecule has 148 valence electrons. The Kier molecular flexibility index (Phi) is 7.88. The lowest BCUT2D eigenvalue weighted by atomic mass is 10.1. The number of alkyl halides is 3. The molecule has 0 fully saturated rings. The summed E-state index contributed by atoms with van der Waals surface area (Å²) in [6.07, 6.45) is 1.71. The first kappa shape index (κ1) is 21.0. The molecule has 4 nitrogen and oxygen atoms in total. The molecule has 0 atom stereocenters. The molecule has 27 heavy (non-hydrogen) atoms. The number of aromatic nitrogens is 2. The molecule has 0 aliphatic heterocycles. The molecule has 2 aromatic rings. The number of benzene rings is 1. The van der Waals surface area contributed by atoms with Crippen molar-refractivity contribution >= 4 is 11.6 Å². The highest BCUT2D eigenvalue weighted by Gasteiger charge is 2.36. The molecule has 1 heterocycles. The van der Waals surface area contributed by atoms with Crippen LogP contribution in [0.15, 0.2) is 30.5 Å². The van der Waals surface area contributed by atoms with Crippen molar-refractivity contribution in [2.75, 3.05) is 11.9 Å². The normalized spacial score (nSPS) is 11.4. The Hall–Kier alpha value is -2.31. The predicted molar refractivity (Wildman–Crippen MR) is 100 cm³/mol. The van der Waals surface area contributed by atoms with Crippen LogP contribution in [0.25, 0.3) is 0 Å². The molecule has 0 bridgehead atoms. The quantitative estimate of drug-likeness (QED) is 0.501. The van der Waals surface area contributed by atoms with Gasteiger partial charge in [-0.05, 0) is 24.5 Å². The van der Waals surface area contributed by atoms with E-state index in [1.165, 1.54) is 0 Å². The summed E-state index contributed by atoms with van der Waals surface area (Å²) < 4.78 is 45.0. The summed E-state index contributed by atoms with van der Waals surface area (Å²) in [4.78, 5) is 7.83. The van der Waals surface area contributed by atoms with E-state index >= 15 is 0 Å². The summed E-state index contributed by atoms with van der Waals surface area (Å²) >= 11 is 0. The Morgan fingerprint density at radius 1 is 1.04 bits per heavy atom. The fourth-order valence-corrected chi connectivity index (χ4v) is 2.68. The molecule has 0 spiro atoms. The third-order valence-electron chi connectivity index (χ3n) is 4.08. The number of para-hydroxylation sites is 1. The first-order chi connectivity index (χ1) is 13.0. The Labute approximate surface area is 158 Å². The second-order valence-corrected chi connectivity index (χ2v) is 6.35. The minimum Gasteiger partial charge on any atom is -0.477 e. The number of hydrogen-bond donors (Lipinski definition) is 1. The Morgan fingerprint density at radius 3 is 2.52 bits per heavy atom. The van der Waals surface area contributed by atoms with Crippen molar-refractivity contribution < 1.29 is 17.9 Å². The van der Waals surface area contributed by atoms with E-state index in [4.69, 9.17) is 4.74 Å². The van der Waals surface area contributed by atoms with Crippen molar-refractivity contribution in [3.8, 4) is 5.88 Å². The van der Waals surface area contributed by atoms with Gasteiger partial charge in [-0.1, -0.05) is 57.7 Å². The van der Waals surface area contributed by atoms with Crippen LogP contribution in [0, 0.1) is 0 Å². The molecule has 1 aromatic heterocycles. The highest BCUT2D eigenvalue weighted by Crippen LogP contribution is 2.35. The van der Waals surface area contributed by atoms with Gasteiger partial charge in [-0.15, -0.1) is 0 Å². The van der Waals surface area contributed by atoms with Crippen LogP contribution in [-0.2, 0) is 12.6 Å². The minimum atomic E-state index is -4.56. The molecule has 7 heteroatoms. The molecule has 0 aliphatic carbocycles. The van der Waals surface area contributed by atoms with Crippen LogP contribution in [0.5, 0.6) is 5.88 Å². The molecule has 0 radical (unpaired) electrons. The smallest absolute Gasteiger partial charge is 0.423 e. The van der Waals surface area contributed by atoms with Crippen molar-refractivity contribution in [2.24, 2.45) is 0 Å². The molecule has 0 unspecified atom stereocenters. The van der Waals surface area contributed by atoms with E-state index < -0.39 is 17.6 Å². The Morgan fingerprint density at radius 2 is 1.81 bits per heavy atom. The van der Waals surface area contributed by atoms with Crippen LogP contribution < -0.4 is 10.1 Å². The third kappa shape index (κ3) is 6.41. The largest absolute Gasteiger partial charge is 0.477 e. The zero-order chi connectivity index (χ0) is 19.7. The van der Waals surface area contributed by atoms with E-state index in [0.29, 0.717) is 6.42 Å². The van der Waals surface area contributed by atoms with Crippen LogP contribution in [0.2, 0.25) is 0 Å². The number of rotatable bonds is 10. The summed E-state index contributed by atoms with van der Waals surface area (Å²) in [5, 5.41) is 3.02. The summed E-state index contributed by atoms with van der Waals surface area (Å²) in [5.41, 5.74) is 0.893. The van der Waals surface area contributed by atoms with Gasteiger partial charge >= 0.3 is 6.18 Å². The predicted octanol–water partition coefficient (Wildman–Crippen LogP) is 6.15. The van der Waals surface area contributed by atoms with Crippen LogP contribution in [0.1, 0.15) is 57.1 Å². The molecular weight excluding hydrogens is 355 g/mol. The van der Waals surface area contributed by atoms with Crippen molar-refractivity contribution in [3.05, 3.63) is 41.6 Å². The maximum atomic E-state index is 13.2. The SMILES string of the molecule is CCCCCCOc1nc(Nc2ccccc2CCC)ncc1C(F)(F)F. The molecule has 2 rings (SSSR count). The van der Waals surface area contributed by atoms with Gasteiger partial charge in [-0.25, -0.2) is 4.98 Å². The highest BCUT2D eigenvalue weighted by molar-refractivity contribution is 5.59. The lowest BCUT2D eigenvalue weighted by molar-refractivity contribution is -0.139. The van der Waals surface area contributed by atoms with E-state index in [-0.39, 0.29) is 12.6 Å². The van der Waals surface area contributed by atoms with E-state index in [1.54, 1.807) is 0 Å². The van der Waals surface area contributed by atoms with Gasteiger partial charge in [0.15, 0.2) is 0 Å². The molecule has 0 amide bonds. The van der Waals surface area contributed by atoms with Crippen LogP contribution in [0.4, 0.5) is 24.8 Å². The number of ether oxygens (including phenoxy) is 1. The number of aryl methyl sites for hydroxylation is 1. The topological polar surface area (TPSA) is 47.0 Å². The van der Waals surface area contributed by atoms with Crippen LogP contribution in [-0.4, -0.2) is 16.6 Å². The van der Waals surface area contributed by atoms with Gasteiger partial charge < -0.3 is 10.1 Å². The van der Waals surface area contributed by atoms with E-state index in [2.05, 4.69) is 29.1 Å². The van der Waals surface area contributed by atoms with E-state index in [9.17, 15) is 13.2 Å². The standard InChI is InChI=1S/C20H26F3N3O/c1-3-5-6-9-13-27-18-16(20(21,22)23)14-24-19(26-18)25-17-12-8-7-11-15(17)10-4-2/h7-8,11-12,14H,3-6,9-10,13H2,1-2H3,(H,24,25,26). The average Bonchev–Trinajstić information content (AvgIpc) is 2.63. The van der Waals surface area contributed by atoms with Gasteiger partial charge in [0.25, 0.3) is 0 Å². The maximum Gasteiger partial charge on any atom is 0.423 e. The van der Waals surface area contributed by atoms with E-state index in [1.807, 2.05) is 24.3 Å². The second-order valence-electron chi connectivity index (χ2n) is 6.35. The fraction of sp³-hybridized carbons (Fsp3) is 0.500. The molecule has 1 N–H and O–H groups in total. The number of anilines is 2. The zero-order valence-electron chi connectivity index (χ0n) is 15.8. The number of halogens is 3. The number of hydrogen-bond acceptors (Lipinski definition) is 4. The van der Waals surface area contributed by atoms with Gasteiger partial charge in [-0.3, -0.25) is 0 Å². The summed E-state index contributed by atoms with van der Waals surface area (Å²) in [7, 11) is 0. The van der Waals surface area contributed by atoms with Gasteiger partial charge in [0.2, 0.25) is 11.8 Å². The fourth-order valence-electron chi connectivity index (χ4n) is 2.68. The lowest BCUT2D eigenvalue weighted by Crippen LogP contribution is -2.13. The highest BCUT2D eigenvalue weighted by atomic mass is 19.4. The Balaban J connectivity index is 2.19. The molecule has 0 saturated carbocycles. The summed E-state index contributed by atoms with van der Waals surface area (Å²) in [6, 6.07) is 7.61. The molecule has 0 aliphatic rings. The lowest BCUT2D eigenvalue weighted by Gasteiger charge is -2.15. The Bertz CT molecular complexity index is 720. The van der Waals surface area contributed by atoms with Gasteiger partial charge in [0, 0.05) is 11.9 Å². The minimum absolute atomic E-state index is 0.0927. The van der Waals surface area contributed by atoms with Crippen molar-refractivity contribution in [3.63, 3.8) is 0 Å². The van der Waals surface area contributed by atoms with Gasteiger partial charge in [0.1, 0.15) is 5.56 Å². The van der Waals surface area contributed by atoms with Crippen LogP contribution in [0.3, 0.4) is 0 Å². The van der Waals surface area contributed by atoms with Crippen molar-refractivity contribution in [1.29, 1.82) is 0 Å². The first-order valence-corrected chi connectivity index (χ1v) is 9.37. The number of nitrogens with one attached hydrogen (secondary N) is 1. The average molecular weight is 381 g/mol.